The lowest BCUT2D eigenvalue weighted by molar-refractivity contribution is -0.146. The fraction of sp³-hybridized carbons (Fsp3) is 0.600. The molecule has 1 aliphatic heterocycles. The normalized spacial score (nSPS) is 38.0. The summed E-state index contributed by atoms with van der Waals surface area (Å²) in [5.41, 5.74) is 1.83. The molecule has 1 fully saturated rings. The van der Waals surface area contributed by atoms with Crippen molar-refractivity contribution in [1.82, 2.24) is 0 Å². The minimum atomic E-state index is -0.479. The van der Waals surface area contributed by atoms with Crippen molar-refractivity contribution in [2.45, 2.75) is 59.0 Å². The van der Waals surface area contributed by atoms with E-state index < -0.39 is 5.41 Å². The number of ketones is 1. The Bertz CT molecular complexity index is 729. The van der Waals surface area contributed by atoms with Crippen LogP contribution in [0.4, 0.5) is 0 Å². The molecule has 2 bridgehead atoms. The number of rotatable bonds is 3. The lowest BCUT2D eigenvalue weighted by Crippen LogP contribution is -2.41. The molecule has 0 radical (unpaired) electrons. The van der Waals surface area contributed by atoms with Crippen molar-refractivity contribution in [3.8, 4) is 0 Å². The van der Waals surface area contributed by atoms with Gasteiger partial charge in [-0.2, -0.15) is 0 Å². The van der Waals surface area contributed by atoms with Crippen LogP contribution in [-0.2, 0) is 9.53 Å². The van der Waals surface area contributed by atoms with Crippen molar-refractivity contribution in [1.29, 1.82) is 0 Å². The Labute approximate surface area is 142 Å². The van der Waals surface area contributed by atoms with Crippen LogP contribution in [0.2, 0.25) is 0 Å². The van der Waals surface area contributed by atoms with Gasteiger partial charge in [0.1, 0.15) is 6.10 Å². The molecule has 4 heteroatoms. The second-order valence-electron chi connectivity index (χ2n) is 8.16. The maximum absolute atomic E-state index is 12.7. The van der Waals surface area contributed by atoms with Gasteiger partial charge in [-0.3, -0.25) is 9.59 Å². The molecule has 1 aromatic heterocycles. The van der Waals surface area contributed by atoms with Crippen LogP contribution in [0, 0.1) is 16.7 Å². The summed E-state index contributed by atoms with van der Waals surface area (Å²) in [7, 11) is 0. The molecular weight excluding hydrogens is 304 g/mol. The van der Waals surface area contributed by atoms with Gasteiger partial charge in [0.25, 0.3) is 0 Å². The third-order valence-corrected chi connectivity index (χ3v) is 6.75. The Morgan fingerprint density at radius 3 is 2.83 bits per heavy atom. The number of Topliss-reactive ketones (excluding diaryl/α,β-unsaturated/α-hetero) is 1. The van der Waals surface area contributed by atoms with Crippen molar-refractivity contribution >= 4 is 11.8 Å². The Morgan fingerprint density at radius 2 is 2.12 bits per heavy atom. The van der Waals surface area contributed by atoms with Gasteiger partial charge in [-0.1, -0.05) is 25.0 Å². The lowest BCUT2D eigenvalue weighted by Gasteiger charge is -2.47. The molecule has 0 amide bonds. The molecular formula is C20H24O4. The van der Waals surface area contributed by atoms with Crippen LogP contribution in [0.5, 0.6) is 0 Å². The Balaban J connectivity index is 1.75. The first-order chi connectivity index (χ1) is 11.3. The topological polar surface area (TPSA) is 56.5 Å². The summed E-state index contributed by atoms with van der Waals surface area (Å²) < 4.78 is 10.9. The molecule has 4 nitrogen and oxygen atoms in total. The summed E-state index contributed by atoms with van der Waals surface area (Å²) in [5, 5.41) is 0. The van der Waals surface area contributed by atoms with Crippen LogP contribution in [0.3, 0.4) is 0 Å². The first kappa shape index (κ1) is 15.7. The maximum Gasteiger partial charge on any atom is 0.316 e. The van der Waals surface area contributed by atoms with E-state index in [1.54, 1.807) is 18.4 Å². The number of ether oxygens (including phenoxy) is 1. The van der Waals surface area contributed by atoms with Gasteiger partial charge in [-0.15, -0.1) is 0 Å². The molecule has 1 saturated heterocycles. The van der Waals surface area contributed by atoms with E-state index in [1.807, 2.05) is 6.92 Å². The third-order valence-electron chi connectivity index (χ3n) is 6.75. The first-order valence-corrected chi connectivity index (χ1v) is 8.85. The van der Waals surface area contributed by atoms with Crippen molar-refractivity contribution < 1.29 is 18.7 Å². The molecule has 128 valence electrons. The monoisotopic (exact) mass is 328 g/mol. The van der Waals surface area contributed by atoms with E-state index in [0.29, 0.717) is 18.1 Å². The van der Waals surface area contributed by atoms with Crippen molar-refractivity contribution in [3.63, 3.8) is 0 Å². The molecule has 4 rings (SSSR count). The van der Waals surface area contributed by atoms with Crippen LogP contribution >= 0.6 is 0 Å². The highest BCUT2D eigenvalue weighted by Crippen LogP contribution is 2.59. The third kappa shape index (κ3) is 2.04. The number of hydrogen-bond donors (Lipinski definition) is 0. The molecule has 0 aromatic carbocycles. The number of carbonyl (C=O) groups is 2. The highest BCUT2D eigenvalue weighted by atomic mass is 16.6. The SMILES string of the molecule is C[C@@H]1CCC2=C(C[C@H]3C[C@]2(C)C(=O)O3)[C@@]1(C)CC(=O)c1ccco1. The number of furan rings is 1. The molecule has 0 spiro atoms. The zero-order valence-corrected chi connectivity index (χ0v) is 14.6. The molecule has 3 aliphatic rings. The fourth-order valence-electron chi connectivity index (χ4n) is 5.03. The van der Waals surface area contributed by atoms with Crippen molar-refractivity contribution in [2.24, 2.45) is 16.7 Å². The van der Waals surface area contributed by atoms with E-state index in [0.717, 1.165) is 25.7 Å². The minimum Gasteiger partial charge on any atom is -0.461 e. The summed E-state index contributed by atoms with van der Waals surface area (Å²) in [5.74, 6) is 0.782. The first-order valence-electron chi connectivity index (χ1n) is 8.85. The molecule has 0 N–H and O–H groups in total. The Morgan fingerprint density at radius 1 is 1.33 bits per heavy atom. The number of esters is 1. The van der Waals surface area contributed by atoms with Gasteiger partial charge in [0.05, 0.1) is 11.7 Å². The predicted octanol–water partition coefficient (Wildman–Crippen LogP) is 4.31. The zero-order valence-electron chi connectivity index (χ0n) is 14.6. The van der Waals surface area contributed by atoms with Crippen LogP contribution in [-0.4, -0.2) is 17.9 Å². The van der Waals surface area contributed by atoms with Crippen LogP contribution < -0.4 is 0 Å². The quantitative estimate of drug-likeness (QED) is 0.471. The average molecular weight is 328 g/mol. The second-order valence-corrected chi connectivity index (χ2v) is 8.16. The molecule has 0 unspecified atom stereocenters. The van der Waals surface area contributed by atoms with Crippen molar-refractivity contribution in [2.75, 3.05) is 0 Å². The van der Waals surface area contributed by atoms with Gasteiger partial charge in [0.15, 0.2) is 11.5 Å². The molecule has 24 heavy (non-hydrogen) atoms. The van der Waals surface area contributed by atoms with Gasteiger partial charge < -0.3 is 9.15 Å². The highest BCUT2D eigenvalue weighted by molar-refractivity contribution is 5.94. The van der Waals surface area contributed by atoms with E-state index in [2.05, 4.69) is 13.8 Å². The van der Waals surface area contributed by atoms with Gasteiger partial charge in [-0.25, -0.2) is 0 Å². The van der Waals surface area contributed by atoms with E-state index in [9.17, 15) is 9.59 Å². The number of hydrogen-bond acceptors (Lipinski definition) is 4. The highest BCUT2D eigenvalue weighted by Gasteiger charge is 2.56. The van der Waals surface area contributed by atoms with Crippen LogP contribution in [0.15, 0.2) is 34.0 Å². The minimum absolute atomic E-state index is 0.0235. The van der Waals surface area contributed by atoms with Gasteiger partial charge >= 0.3 is 5.97 Å². The summed E-state index contributed by atoms with van der Waals surface area (Å²) in [6, 6.07) is 3.48. The standard InChI is InChI=1S/C20H24O4/c1-12-6-7-14-15(9-13-10-20(14,3)18(22)24-13)19(12,2)11-16(21)17-5-4-8-23-17/h4-5,8,12-13H,6-7,9-11H2,1-3H3/t12-,13+,19+,20+/m1/s1. The fourth-order valence-corrected chi connectivity index (χ4v) is 5.03. The summed E-state index contributed by atoms with van der Waals surface area (Å²) in [6.07, 6.45) is 5.47. The lowest BCUT2D eigenvalue weighted by atomic mass is 9.55. The summed E-state index contributed by atoms with van der Waals surface area (Å²) in [6.45, 7) is 6.43. The average Bonchev–Trinajstić information content (AvgIpc) is 3.12. The zero-order chi connectivity index (χ0) is 17.1. The Hall–Kier alpha value is -1.84. The van der Waals surface area contributed by atoms with Crippen molar-refractivity contribution in [3.05, 3.63) is 35.3 Å². The molecule has 2 heterocycles. The van der Waals surface area contributed by atoms with Crippen LogP contribution in [0.25, 0.3) is 0 Å². The predicted molar refractivity (Wildman–Crippen MR) is 88.4 cm³/mol. The van der Waals surface area contributed by atoms with Gasteiger partial charge in [0, 0.05) is 19.3 Å². The molecule has 4 atom stereocenters. The number of carbonyl (C=O) groups excluding carboxylic acids is 2. The molecule has 0 saturated carbocycles. The largest absolute Gasteiger partial charge is 0.461 e. The summed E-state index contributed by atoms with van der Waals surface area (Å²) >= 11 is 0. The number of fused-ring (bicyclic) bond motifs is 3. The smallest absolute Gasteiger partial charge is 0.316 e. The second kappa shape index (κ2) is 5.08. The van der Waals surface area contributed by atoms with E-state index in [-0.39, 0.29) is 23.3 Å². The summed E-state index contributed by atoms with van der Waals surface area (Å²) in [4.78, 5) is 25.1. The van der Waals surface area contributed by atoms with Gasteiger partial charge in [-0.05, 0) is 43.2 Å². The maximum atomic E-state index is 12.7. The molecule has 2 aliphatic carbocycles. The van der Waals surface area contributed by atoms with E-state index in [1.165, 1.54) is 11.1 Å². The Kier molecular flexibility index (Phi) is 3.32. The molecule has 1 aromatic rings. The van der Waals surface area contributed by atoms with E-state index in [4.69, 9.17) is 9.15 Å². The van der Waals surface area contributed by atoms with E-state index >= 15 is 0 Å². The van der Waals surface area contributed by atoms with Gasteiger partial charge in [0.2, 0.25) is 0 Å². The van der Waals surface area contributed by atoms with Crippen LogP contribution in [0.1, 0.15) is 63.4 Å².